The van der Waals surface area contributed by atoms with Gasteiger partial charge in [0.15, 0.2) is 0 Å². The normalized spacial score (nSPS) is 12.2. The number of nitrogens with zero attached hydrogens (tertiary/aromatic N) is 1. The summed E-state index contributed by atoms with van der Waals surface area (Å²) < 4.78 is 5.00. The van der Waals surface area contributed by atoms with Crippen molar-refractivity contribution in [3.63, 3.8) is 0 Å². The van der Waals surface area contributed by atoms with Crippen LogP contribution < -0.4 is 5.73 Å². The van der Waals surface area contributed by atoms with Crippen molar-refractivity contribution in [1.29, 1.82) is 0 Å². The van der Waals surface area contributed by atoms with Gasteiger partial charge in [-0.25, -0.2) is 0 Å². The van der Waals surface area contributed by atoms with Gasteiger partial charge in [0, 0.05) is 12.1 Å². The molecule has 0 bridgehead atoms. The monoisotopic (exact) mass is 280 g/mol. The highest BCUT2D eigenvalue weighted by Crippen LogP contribution is 2.10. The second kappa shape index (κ2) is 7.21. The van der Waals surface area contributed by atoms with E-state index in [0.29, 0.717) is 18.1 Å². The van der Waals surface area contributed by atoms with E-state index < -0.39 is 0 Å². The molecular weight excluding hydrogens is 260 g/mol. The second-order valence-corrected chi connectivity index (χ2v) is 4.85. The zero-order valence-corrected chi connectivity index (χ0v) is 12.4. The van der Waals surface area contributed by atoms with E-state index in [1.165, 1.54) is 0 Å². The van der Waals surface area contributed by atoms with E-state index in [2.05, 4.69) is 0 Å². The molecule has 0 aliphatic carbocycles. The number of hydrogen-bond acceptors (Lipinski definition) is 4. The van der Waals surface area contributed by atoms with Gasteiger partial charge in [-0.3, -0.25) is 9.69 Å². The Hall–Kier alpha value is -1.46. The van der Waals surface area contributed by atoms with Crippen molar-refractivity contribution in [2.75, 3.05) is 13.7 Å². The lowest BCUT2D eigenvalue weighted by molar-refractivity contribution is -0.148. The molecule has 0 aromatic heterocycles. The minimum Gasteiger partial charge on any atom is -0.465 e. The predicted octanol–water partition coefficient (Wildman–Crippen LogP) is 1.70. The Morgan fingerprint density at radius 3 is 2.79 bits per heavy atom. The maximum Gasteiger partial charge on any atom is 0.323 e. The van der Waals surface area contributed by atoms with Crippen LogP contribution in [0, 0.1) is 0 Å². The third-order valence-corrected chi connectivity index (χ3v) is 3.17. The first-order valence-corrected chi connectivity index (χ1v) is 6.62. The van der Waals surface area contributed by atoms with Crippen molar-refractivity contribution in [3.8, 4) is 0 Å². The Morgan fingerprint density at radius 2 is 2.21 bits per heavy atom. The summed E-state index contributed by atoms with van der Waals surface area (Å²) in [6.45, 7) is 4.66. The molecular formula is C14H20N2O2S. The quantitative estimate of drug-likeness (QED) is 0.635. The molecule has 1 aromatic carbocycles. The summed E-state index contributed by atoms with van der Waals surface area (Å²) in [4.78, 5) is 14.0. The number of nitrogens with two attached hydrogens (primary N) is 1. The zero-order valence-electron chi connectivity index (χ0n) is 11.6. The first kappa shape index (κ1) is 15.6. The van der Waals surface area contributed by atoms with Gasteiger partial charge < -0.3 is 10.5 Å². The Kier molecular flexibility index (Phi) is 5.92. The molecule has 1 aromatic rings. The van der Waals surface area contributed by atoms with Gasteiger partial charge in [0.25, 0.3) is 0 Å². The molecule has 4 nitrogen and oxygen atoms in total. The average molecular weight is 280 g/mol. The summed E-state index contributed by atoms with van der Waals surface area (Å²) in [6, 6.07) is 7.42. The van der Waals surface area contributed by atoms with E-state index in [4.69, 9.17) is 22.7 Å². The van der Waals surface area contributed by atoms with Crippen LogP contribution in [0.25, 0.3) is 0 Å². The van der Waals surface area contributed by atoms with E-state index in [1.54, 1.807) is 6.92 Å². The van der Waals surface area contributed by atoms with Gasteiger partial charge in [0.2, 0.25) is 0 Å². The number of rotatable bonds is 6. The standard InChI is InChI=1S/C14H20N2O2S/c1-4-18-14(17)10(2)16(3)9-11-6-5-7-12(8-11)13(15)19/h5-8,10H,4,9H2,1-3H3,(H2,15,19). The average Bonchev–Trinajstić information content (AvgIpc) is 2.38. The van der Waals surface area contributed by atoms with Crippen LogP contribution in [-0.2, 0) is 16.1 Å². The molecule has 0 saturated carbocycles. The topological polar surface area (TPSA) is 55.6 Å². The van der Waals surface area contributed by atoms with Crippen LogP contribution in [0.1, 0.15) is 25.0 Å². The summed E-state index contributed by atoms with van der Waals surface area (Å²) in [5.74, 6) is -0.212. The maximum absolute atomic E-state index is 11.6. The van der Waals surface area contributed by atoms with E-state index >= 15 is 0 Å². The molecule has 1 rings (SSSR count). The molecule has 0 saturated heterocycles. The minimum absolute atomic E-state index is 0.212. The van der Waals surface area contributed by atoms with Gasteiger partial charge in [-0.05, 0) is 32.5 Å². The number of likely N-dealkylation sites (N-methyl/N-ethyl adjacent to an activating group) is 1. The summed E-state index contributed by atoms with van der Waals surface area (Å²) in [5.41, 5.74) is 7.50. The molecule has 1 unspecified atom stereocenters. The lowest BCUT2D eigenvalue weighted by Gasteiger charge is -2.23. The van der Waals surface area contributed by atoms with Crippen LogP contribution in [-0.4, -0.2) is 35.6 Å². The number of benzene rings is 1. The number of hydrogen-bond donors (Lipinski definition) is 1. The van der Waals surface area contributed by atoms with Gasteiger partial charge in [0.05, 0.1) is 6.61 Å². The summed E-state index contributed by atoms with van der Waals surface area (Å²) in [7, 11) is 1.88. The predicted molar refractivity (Wildman–Crippen MR) is 79.9 cm³/mol. The summed E-state index contributed by atoms with van der Waals surface area (Å²) >= 11 is 4.95. The van der Waals surface area contributed by atoms with Crippen molar-refractivity contribution >= 4 is 23.2 Å². The van der Waals surface area contributed by atoms with Crippen LogP contribution in [0.4, 0.5) is 0 Å². The first-order chi connectivity index (χ1) is 8.95. The van der Waals surface area contributed by atoms with E-state index in [1.807, 2.05) is 43.1 Å². The van der Waals surface area contributed by atoms with Crippen LogP contribution >= 0.6 is 12.2 Å². The largest absolute Gasteiger partial charge is 0.465 e. The van der Waals surface area contributed by atoms with Gasteiger partial charge in [-0.15, -0.1) is 0 Å². The summed E-state index contributed by atoms with van der Waals surface area (Å²) in [5, 5.41) is 0. The number of carbonyl (C=O) groups excluding carboxylic acids is 1. The molecule has 0 heterocycles. The number of carbonyl (C=O) groups is 1. The molecule has 0 radical (unpaired) electrons. The SMILES string of the molecule is CCOC(=O)C(C)N(C)Cc1cccc(C(N)=S)c1. The van der Waals surface area contributed by atoms with Gasteiger partial charge in [0.1, 0.15) is 11.0 Å². The smallest absolute Gasteiger partial charge is 0.323 e. The van der Waals surface area contributed by atoms with Crippen LogP contribution in [0.3, 0.4) is 0 Å². The molecule has 0 aliphatic heterocycles. The molecule has 0 spiro atoms. The zero-order chi connectivity index (χ0) is 14.4. The molecule has 19 heavy (non-hydrogen) atoms. The lowest BCUT2D eigenvalue weighted by atomic mass is 10.1. The number of esters is 1. The van der Waals surface area contributed by atoms with Crippen molar-refractivity contribution < 1.29 is 9.53 Å². The molecule has 104 valence electrons. The molecule has 2 N–H and O–H groups in total. The summed E-state index contributed by atoms with van der Waals surface area (Å²) in [6.07, 6.45) is 0. The highest BCUT2D eigenvalue weighted by atomic mass is 32.1. The van der Waals surface area contributed by atoms with E-state index in [9.17, 15) is 4.79 Å². The van der Waals surface area contributed by atoms with Gasteiger partial charge in [-0.1, -0.05) is 30.4 Å². The fraction of sp³-hybridized carbons (Fsp3) is 0.429. The third-order valence-electron chi connectivity index (χ3n) is 2.93. The number of thiocarbonyl (C=S) groups is 1. The Bertz CT molecular complexity index is 463. The Morgan fingerprint density at radius 1 is 1.53 bits per heavy atom. The van der Waals surface area contributed by atoms with Crippen LogP contribution in [0.2, 0.25) is 0 Å². The second-order valence-electron chi connectivity index (χ2n) is 4.41. The van der Waals surface area contributed by atoms with E-state index in [-0.39, 0.29) is 12.0 Å². The first-order valence-electron chi connectivity index (χ1n) is 6.21. The number of ether oxygens (including phenoxy) is 1. The maximum atomic E-state index is 11.6. The third kappa shape index (κ3) is 4.61. The Balaban J connectivity index is 2.71. The van der Waals surface area contributed by atoms with Gasteiger partial charge >= 0.3 is 5.97 Å². The molecule has 0 amide bonds. The fourth-order valence-corrected chi connectivity index (χ4v) is 1.82. The van der Waals surface area contributed by atoms with Crippen molar-refractivity contribution in [2.24, 2.45) is 5.73 Å². The molecule has 0 aliphatic rings. The van der Waals surface area contributed by atoms with E-state index in [0.717, 1.165) is 11.1 Å². The lowest BCUT2D eigenvalue weighted by Crippen LogP contribution is -2.36. The van der Waals surface area contributed by atoms with Crippen molar-refractivity contribution in [2.45, 2.75) is 26.4 Å². The minimum atomic E-state index is -0.284. The van der Waals surface area contributed by atoms with Crippen LogP contribution in [0.15, 0.2) is 24.3 Å². The van der Waals surface area contributed by atoms with Crippen molar-refractivity contribution in [3.05, 3.63) is 35.4 Å². The highest BCUT2D eigenvalue weighted by molar-refractivity contribution is 7.80. The molecule has 0 fully saturated rings. The fourth-order valence-electron chi connectivity index (χ4n) is 1.69. The molecule has 1 atom stereocenters. The Labute approximate surface area is 119 Å². The highest BCUT2D eigenvalue weighted by Gasteiger charge is 2.19. The van der Waals surface area contributed by atoms with Crippen LogP contribution in [0.5, 0.6) is 0 Å². The molecule has 5 heteroatoms. The van der Waals surface area contributed by atoms with Crippen molar-refractivity contribution in [1.82, 2.24) is 4.90 Å². The van der Waals surface area contributed by atoms with Gasteiger partial charge in [-0.2, -0.15) is 0 Å².